The van der Waals surface area contributed by atoms with Crippen LogP contribution in [0.2, 0.25) is 0 Å². The van der Waals surface area contributed by atoms with Crippen molar-refractivity contribution in [2.45, 2.75) is 52.4 Å². The third kappa shape index (κ3) is 13.3. The van der Waals surface area contributed by atoms with E-state index in [1.54, 1.807) is 0 Å². The summed E-state index contributed by atoms with van der Waals surface area (Å²) in [6.07, 6.45) is 1.93. The highest BCUT2D eigenvalue weighted by atomic mass is 28.4. The highest BCUT2D eigenvalue weighted by Gasteiger charge is 2.47. The zero-order valence-electron chi connectivity index (χ0n) is 28.5. The fourth-order valence-corrected chi connectivity index (χ4v) is 7.75. The van der Waals surface area contributed by atoms with Crippen LogP contribution < -0.4 is 9.47 Å². The van der Waals surface area contributed by atoms with Crippen LogP contribution in [0.4, 0.5) is 0 Å². The summed E-state index contributed by atoms with van der Waals surface area (Å²) in [5.74, 6) is 2.87. The van der Waals surface area contributed by atoms with E-state index >= 15 is 0 Å². The molecule has 47 heavy (non-hydrogen) atoms. The number of para-hydroxylation sites is 2. The molecule has 6 nitrogen and oxygen atoms in total. The van der Waals surface area contributed by atoms with Gasteiger partial charge in [-0.3, -0.25) is 0 Å². The quantitative estimate of drug-likeness (QED) is 0.0621. The average Bonchev–Trinajstić information content (AvgIpc) is 3.11. The van der Waals surface area contributed by atoms with Gasteiger partial charge in [-0.1, -0.05) is 125 Å². The molecule has 0 aliphatic rings. The van der Waals surface area contributed by atoms with Gasteiger partial charge in [-0.25, -0.2) is 0 Å². The van der Waals surface area contributed by atoms with Gasteiger partial charge in [-0.2, -0.15) is 0 Å². The van der Waals surface area contributed by atoms with Gasteiger partial charge in [0.15, 0.2) is 0 Å². The van der Waals surface area contributed by atoms with Crippen LogP contribution in [0.3, 0.4) is 0 Å². The summed E-state index contributed by atoms with van der Waals surface area (Å²) in [6, 6.07) is 40.7. The maximum atomic E-state index is 6.63. The SMILES string of the molecule is CC(CO[Si](OCCOc1ccccc1)(OCCOc1ccccc1)OCC(C)CC(C)c1ccccc1)CC(C)c1ccccc1. The van der Waals surface area contributed by atoms with Crippen molar-refractivity contribution in [1.82, 2.24) is 0 Å². The molecule has 0 fully saturated rings. The lowest BCUT2D eigenvalue weighted by atomic mass is 9.92. The molecule has 0 bridgehead atoms. The zero-order chi connectivity index (χ0) is 33.2. The van der Waals surface area contributed by atoms with Crippen LogP contribution in [0.1, 0.15) is 63.5 Å². The molecule has 0 saturated heterocycles. The minimum Gasteiger partial charge on any atom is -0.491 e. The predicted molar refractivity (Wildman–Crippen MR) is 191 cm³/mol. The van der Waals surface area contributed by atoms with E-state index in [2.05, 4.69) is 88.4 Å². The highest BCUT2D eigenvalue weighted by Crippen LogP contribution is 2.27. The predicted octanol–water partition coefficient (Wildman–Crippen LogP) is 9.31. The van der Waals surface area contributed by atoms with Gasteiger partial charge in [0.2, 0.25) is 0 Å². The van der Waals surface area contributed by atoms with E-state index in [9.17, 15) is 0 Å². The molecule has 0 N–H and O–H groups in total. The van der Waals surface area contributed by atoms with E-state index in [0.717, 1.165) is 24.3 Å². The zero-order valence-corrected chi connectivity index (χ0v) is 29.5. The Morgan fingerprint density at radius 2 is 0.766 bits per heavy atom. The van der Waals surface area contributed by atoms with E-state index in [1.807, 2.05) is 60.7 Å². The first-order chi connectivity index (χ1) is 22.9. The molecule has 0 aliphatic carbocycles. The Morgan fingerprint density at radius 1 is 0.426 bits per heavy atom. The van der Waals surface area contributed by atoms with Gasteiger partial charge >= 0.3 is 9.05 Å². The molecule has 4 aromatic rings. The molecule has 0 saturated carbocycles. The van der Waals surface area contributed by atoms with Crippen molar-refractivity contribution in [3.8, 4) is 11.5 Å². The van der Waals surface area contributed by atoms with E-state index < -0.39 is 9.05 Å². The molecule has 0 aliphatic heterocycles. The summed E-state index contributed by atoms with van der Waals surface area (Å²) >= 11 is 0. The molecular formula is C40H52O6Si. The second kappa shape index (κ2) is 20.0. The molecule has 4 rings (SSSR count). The number of benzene rings is 4. The van der Waals surface area contributed by atoms with E-state index in [1.165, 1.54) is 11.1 Å². The Bertz CT molecular complexity index is 1250. The first-order valence-electron chi connectivity index (χ1n) is 16.9. The van der Waals surface area contributed by atoms with Crippen molar-refractivity contribution < 1.29 is 27.2 Å². The van der Waals surface area contributed by atoms with Crippen LogP contribution in [0.25, 0.3) is 0 Å². The molecule has 4 aromatic carbocycles. The van der Waals surface area contributed by atoms with Gasteiger partial charge in [-0.15, -0.1) is 0 Å². The van der Waals surface area contributed by atoms with Gasteiger partial charge in [0, 0.05) is 13.2 Å². The minimum atomic E-state index is -3.62. The van der Waals surface area contributed by atoms with Gasteiger partial charge in [0.05, 0.1) is 13.2 Å². The smallest absolute Gasteiger partial charge is 0.491 e. The summed E-state index contributed by atoms with van der Waals surface area (Å²) in [7, 11) is -3.62. The van der Waals surface area contributed by atoms with E-state index in [0.29, 0.717) is 38.3 Å². The summed E-state index contributed by atoms with van der Waals surface area (Å²) < 4.78 is 38.1. The van der Waals surface area contributed by atoms with Crippen molar-refractivity contribution >= 4 is 9.05 Å². The number of rotatable bonds is 22. The van der Waals surface area contributed by atoms with Crippen LogP contribution >= 0.6 is 0 Å². The van der Waals surface area contributed by atoms with E-state index in [-0.39, 0.29) is 25.0 Å². The molecule has 252 valence electrons. The largest absolute Gasteiger partial charge is 0.679 e. The number of ether oxygens (including phenoxy) is 2. The Kier molecular flexibility index (Phi) is 15.5. The first kappa shape index (κ1) is 36.4. The topological polar surface area (TPSA) is 55.4 Å². The summed E-state index contributed by atoms with van der Waals surface area (Å²) in [5, 5.41) is 0. The molecule has 0 radical (unpaired) electrons. The average molecular weight is 657 g/mol. The second-order valence-electron chi connectivity index (χ2n) is 12.4. The molecule has 0 aromatic heterocycles. The first-order valence-corrected chi connectivity index (χ1v) is 18.6. The molecular weight excluding hydrogens is 605 g/mol. The molecule has 4 unspecified atom stereocenters. The van der Waals surface area contributed by atoms with Crippen molar-refractivity contribution in [3.05, 3.63) is 132 Å². The van der Waals surface area contributed by atoms with Gasteiger partial charge in [-0.05, 0) is 71.9 Å². The fourth-order valence-electron chi connectivity index (χ4n) is 5.60. The summed E-state index contributed by atoms with van der Waals surface area (Å²) in [5.41, 5.74) is 2.65. The number of hydrogen-bond acceptors (Lipinski definition) is 6. The Morgan fingerprint density at radius 3 is 1.13 bits per heavy atom. The second-order valence-corrected chi connectivity index (χ2v) is 14.6. The standard InChI is InChI=1S/C40H52O6Si/c1-33(29-35(3)37-17-9-5-10-18-37)31-45-47(43-27-25-41-39-21-13-7-14-22-39,44-28-26-42-40-23-15-8-16-24-40)46-32-34(2)30-36(4)38-19-11-6-12-20-38/h5-24,33-36H,25-32H2,1-4H3. The van der Waals surface area contributed by atoms with Crippen LogP contribution in [-0.4, -0.2) is 48.7 Å². The van der Waals surface area contributed by atoms with Crippen molar-refractivity contribution in [2.75, 3.05) is 39.6 Å². The van der Waals surface area contributed by atoms with Crippen molar-refractivity contribution in [2.24, 2.45) is 11.8 Å². The van der Waals surface area contributed by atoms with Crippen LogP contribution in [0.5, 0.6) is 11.5 Å². The lowest BCUT2D eigenvalue weighted by molar-refractivity contribution is -0.0542. The normalized spacial score (nSPS) is 14.2. The third-order valence-electron chi connectivity index (χ3n) is 8.09. The van der Waals surface area contributed by atoms with Crippen LogP contribution in [-0.2, 0) is 17.7 Å². The molecule has 0 heterocycles. The monoisotopic (exact) mass is 656 g/mol. The molecule has 4 atom stereocenters. The minimum absolute atomic E-state index is 0.254. The highest BCUT2D eigenvalue weighted by molar-refractivity contribution is 6.53. The van der Waals surface area contributed by atoms with Crippen LogP contribution in [0, 0.1) is 11.8 Å². The maximum absolute atomic E-state index is 6.63. The van der Waals surface area contributed by atoms with Gasteiger partial charge in [0.25, 0.3) is 0 Å². The summed E-state index contributed by atoms with van der Waals surface area (Å²) in [4.78, 5) is 0. The molecule has 7 heteroatoms. The van der Waals surface area contributed by atoms with Crippen LogP contribution in [0.15, 0.2) is 121 Å². The molecule has 0 spiro atoms. The van der Waals surface area contributed by atoms with E-state index in [4.69, 9.17) is 27.2 Å². The number of hydrogen-bond donors (Lipinski definition) is 0. The fraction of sp³-hybridized carbons (Fsp3) is 0.400. The third-order valence-corrected chi connectivity index (χ3v) is 10.2. The molecule has 0 amide bonds. The van der Waals surface area contributed by atoms with Crippen molar-refractivity contribution in [1.29, 1.82) is 0 Å². The Hall–Kier alpha value is -3.46. The summed E-state index contributed by atoms with van der Waals surface area (Å²) in [6.45, 7) is 11.1. The Labute approximate surface area is 283 Å². The van der Waals surface area contributed by atoms with Gasteiger partial charge < -0.3 is 27.2 Å². The Balaban J connectivity index is 1.43. The van der Waals surface area contributed by atoms with Gasteiger partial charge in [0.1, 0.15) is 24.7 Å². The maximum Gasteiger partial charge on any atom is 0.679 e. The lowest BCUT2D eigenvalue weighted by Crippen LogP contribution is -2.52. The van der Waals surface area contributed by atoms with Crippen molar-refractivity contribution in [3.63, 3.8) is 0 Å². The lowest BCUT2D eigenvalue weighted by Gasteiger charge is -2.31.